The van der Waals surface area contributed by atoms with Crippen molar-refractivity contribution < 1.29 is 9.90 Å². The number of aliphatic hydroxyl groups is 1. The van der Waals surface area contributed by atoms with Gasteiger partial charge in [0, 0.05) is 0 Å². The Hall–Kier alpha value is -0.610. The number of nitrogens with one attached hydrogen (secondary N) is 1. The molecular formula is C11H24N2O2. The average molecular weight is 216 g/mol. The Morgan fingerprint density at radius 2 is 1.87 bits per heavy atom. The average Bonchev–Trinajstić information content (AvgIpc) is 2.11. The summed E-state index contributed by atoms with van der Waals surface area (Å²) in [4.78, 5) is 11.6. The van der Waals surface area contributed by atoms with E-state index in [1.54, 1.807) is 0 Å². The molecule has 0 aromatic rings. The molecule has 0 bridgehead atoms. The Balaban J connectivity index is 4.10. The molecule has 1 amide bonds. The molecule has 0 rings (SSSR count). The lowest BCUT2D eigenvalue weighted by Crippen LogP contribution is -2.49. The van der Waals surface area contributed by atoms with E-state index in [1.165, 1.54) is 0 Å². The first-order valence-electron chi connectivity index (χ1n) is 5.55. The van der Waals surface area contributed by atoms with Crippen LogP contribution in [0.3, 0.4) is 0 Å². The SMILES string of the molecule is CC(C)C[C@H](N)C(=O)N[C@H](CO)C(C)C. The summed E-state index contributed by atoms with van der Waals surface area (Å²) in [6.07, 6.45) is 0.669. The maximum atomic E-state index is 11.6. The summed E-state index contributed by atoms with van der Waals surface area (Å²) in [7, 11) is 0. The maximum absolute atomic E-state index is 11.6. The number of carbonyl (C=O) groups excluding carboxylic acids is 1. The van der Waals surface area contributed by atoms with Gasteiger partial charge in [0.1, 0.15) is 0 Å². The zero-order valence-electron chi connectivity index (χ0n) is 10.2. The van der Waals surface area contributed by atoms with E-state index in [9.17, 15) is 4.79 Å². The van der Waals surface area contributed by atoms with Crippen LogP contribution >= 0.6 is 0 Å². The number of carbonyl (C=O) groups is 1. The molecule has 0 aromatic carbocycles. The summed E-state index contributed by atoms with van der Waals surface area (Å²) < 4.78 is 0. The third-order valence-electron chi connectivity index (χ3n) is 2.39. The van der Waals surface area contributed by atoms with E-state index in [1.807, 2.05) is 27.7 Å². The van der Waals surface area contributed by atoms with E-state index in [4.69, 9.17) is 10.8 Å². The fourth-order valence-electron chi connectivity index (χ4n) is 1.33. The zero-order chi connectivity index (χ0) is 12.0. The van der Waals surface area contributed by atoms with Gasteiger partial charge in [0.2, 0.25) is 5.91 Å². The number of hydrogen-bond acceptors (Lipinski definition) is 3. The van der Waals surface area contributed by atoms with E-state index in [2.05, 4.69) is 5.32 Å². The molecule has 0 aliphatic carbocycles. The summed E-state index contributed by atoms with van der Waals surface area (Å²) in [5, 5.41) is 11.8. The standard InChI is InChI=1S/C11H24N2O2/c1-7(2)5-9(12)11(15)13-10(6-14)8(3)4/h7-10,14H,5-6,12H2,1-4H3,(H,13,15)/t9-,10+/m0/s1. The van der Waals surface area contributed by atoms with Crippen molar-refractivity contribution in [3.63, 3.8) is 0 Å². The molecule has 0 saturated carbocycles. The van der Waals surface area contributed by atoms with Crippen molar-refractivity contribution in [2.75, 3.05) is 6.61 Å². The molecule has 0 aromatic heterocycles. The van der Waals surface area contributed by atoms with Gasteiger partial charge in [0.15, 0.2) is 0 Å². The second-order valence-corrected chi connectivity index (χ2v) is 4.78. The molecule has 0 aliphatic heterocycles. The molecule has 0 fully saturated rings. The van der Waals surface area contributed by atoms with E-state index in [0.717, 1.165) is 0 Å². The predicted octanol–water partition coefficient (Wildman–Crippen LogP) is 0.493. The Morgan fingerprint density at radius 3 is 2.20 bits per heavy atom. The van der Waals surface area contributed by atoms with Crippen LogP contribution in [0.25, 0.3) is 0 Å². The molecule has 90 valence electrons. The van der Waals surface area contributed by atoms with Gasteiger partial charge >= 0.3 is 0 Å². The molecule has 4 nitrogen and oxygen atoms in total. The molecule has 0 saturated heterocycles. The van der Waals surface area contributed by atoms with Crippen LogP contribution in [0.1, 0.15) is 34.1 Å². The van der Waals surface area contributed by atoms with Crippen molar-refractivity contribution in [2.24, 2.45) is 17.6 Å². The van der Waals surface area contributed by atoms with Crippen LogP contribution in [0.4, 0.5) is 0 Å². The first-order valence-corrected chi connectivity index (χ1v) is 5.55. The van der Waals surface area contributed by atoms with Crippen LogP contribution in [0, 0.1) is 11.8 Å². The molecular weight excluding hydrogens is 192 g/mol. The first-order chi connectivity index (χ1) is 6.88. The van der Waals surface area contributed by atoms with Crippen molar-refractivity contribution >= 4 is 5.91 Å². The molecule has 0 aliphatic rings. The smallest absolute Gasteiger partial charge is 0.237 e. The van der Waals surface area contributed by atoms with Gasteiger partial charge in [-0.2, -0.15) is 0 Å². The Kier molecular flexibility index (Phi) is 6.52. The molecule has 4 N–H and O–H groups in total. The van der Waals surface area contributed by atoms with Gasteiger partial charge in [-0.25, -0.2) is 0 Å². The summed E-state index contributed by atoms with van der Waals surface area (Å²) >= 11 is 0. The normalized spacial score (nSPS) is 15.5. The van der Waals surface area contributed by atoms with Gasteiger partial charge < -0.3 is 16.2 Å². The fourth-order valence-corrected chi connectivity index (χ4v) is 1.33. The lowest BCUT2D eigenvalue weighted by molar-refractivity contribution is -0.124. The van der Waals surface area contributed by atoms with E-state index in [0.29, 0.717) is 12.3 Å². The van der Waals surface area contributed by atoms with Crippen LogP contribution in [0.5, 0.6) is 0 Å². The molecule has 0 spiro atoms. The quantitative estimate of drug-likeness (QED) is 0.605. The van der Waals surface area contributed by atoms with Gasteiger partial charge in [-0.05, 0) is 18.3 Å². The second kappa shape index (κ2) is 6.80. The number of amides is 1. The van der Waals surface area contributed by atoms with Gasteiger partial charge in [0.05, 0.1) is 18.7 Å². The van der Waals surface area contributed by atoms with E-state index in [-0.39, 0.29) is 24.5 Å². The largest absolute Gasteiger partial charge is 0.394 e. The van der Waals surface area contributed by atoms with Crippen molar-refractivity contribution in [1.82, 2.24) is 5.32 Å². The predicted molar refractivity (Wildman–Crippen MR) is 61.3 cm³/mol. The Morgan fingerprint density at radius 1 is 1.33 bits per heavy atom. The highest BCUT2D eigenvalue weighted by Crippen LogP contribution is 2.05. The van der Waals surface area contributed by atoms with Crippen LogP contribution in [0.15, 0.2) is 0 Å². The molecule has 0 heterocycles. The van der Waals surface area contributed by atoms with Gasteiger partial charge in [0.25, 0.3) is 0 Å². The molecule has 0 radical (unpaired) electrons. The number of hydrogen-bond donors (Lipinski definition) is 3. The molecule has 15 heavy (non-hydrogen) atoms. The summed E-state index contributed by atoms with van der Waals surface area (Å²) in [6, 6.07) is -0.673. The van der Waals surface area contributed by atoms with Crippen molar-refractivity contribution in [2.45, 2.75) is 46.2 Å². The van der Waals surface area contributed by atoms with Crippen LogP contribution in [-0.4, -0.2) is 29.7 Å². The summed E-state index contributed by atoms with van der Waals surface area (Å²) in [5.41, 5.74) is 5.73. The number of rotatable bonds is 6. The van der Waals surface area contributed by atoms with Gasteiger partial charge in [-0.3, -0.25) is 4.79 Å². The maximum Gasteiger partial charge on any atom is 0.237 e. The highest BCUT2D eigenvalue weighted by atomic mass is 16.3. The first kappa shape index (κ1) is 14.4. The molecule has 0 unspecified atom stereocenters. The molecule has 2 atom stereocenters. The highest BCUT2D eigenvalue weighted by molar-refractivity contribution is 5.81. The minimum absolute atomic E-state index is 0.0438. The topological polar surface area (TPSA) is 75.4 Å². The van der Waals surface area contributed by atoms with Gasteiger partial charge in [-0.15, -0.1) is 0 Å². The van der Waals surface area contributed by atoms with Gasteiger partial charge in [-0.1, -0.05) is 27.7 Å². The second-order valence-electron chi connectivity index (χ2n) is 4.78. The van der Waals surface area contributed by atoms with Crippen molar-refractivity contribution in [1.29, 1.82) is 0 Å². The third kappa shape index (κ3) is 5.74. The fraction of sp³-hybridized carbons (Fsp3) is 0.909. The van der Waals surface area contributed by atoms with E-state index >= 15 is 0 Å². The van der Waals surface area contributed by atoms with E-state index < -0.39 is 6.04 Å². The third-order valence-corrected chi connectivity index (χ3v) is 2.39. The summed E-state index contributed by atoms with van der Waals surface area (Å²) in [6.45, 7) is 7.92. The van der Waals surface area contributed by atoms with Crippen LogP contribution in [-0.2, 0) is 4.79 Å². The minimum Gasteiger partial charge on any atom is -0.394 e. The minimum atomic E-state index is -0.474. The highest BCUT2D eigenvalue weighted by Gasteiger charge is 2.20. The lowest BCUT2D eigenvalue weighted by Gasteiger charge is -2.22. The van der Waals surface area contributed by atoms with Crippen LogP contribution < -0.4 is 11.1 Å². The number of aliphatic hydroxyl groups excluding tert-OH is 1. The summed E-state index contributed by atoms with van der Waals surface area (Å²) in [5.74, 6) is 0.444. The zero-order valence-corrected chi connectivity index (χ0v) is 10.2. The van der Waals surface area contributed by atoms with Crippen molar-refractivity contribution in [3.8, 4) is 0 Å². The number of nitrogens with two attached hydrogens (primary N) is 1. The monoisotopic (exact) mass is 216 g/mol. The van der Waals surface area contributed by atoms with Crippen LogP contribution in [0.2, 0.25) is 0 Å². The lowest BCUT2D eigenvalue weighted by atomic mass is 10.0. The Labute approximate surface area is 92.2 Å². The Bertz CT molecular complexity index is 193. The van der Waals surface area contributed by atoms with Crippen molar-refractivity contribution in [3.05, 3.63) is 0 Å². The molecule has 4 heteroatoms.